The summed E-state index contributed by atoms with van der Waals surface area (Å²) >= 11 is 0. The molecule has 0 spiro atoms. The number of hydrogen-bond donors (Lipinski definition) is 0. The molecule has 1 aromatic carbocycles. The van der Waals surface area contributed by atoms with Crippen molar-refractivity contribution in [2.45, 2.75) is 6.54 Å². The van der Waals surface area contributed by atoms with E-state index in [2.05, 4.69) is 29.2 Å². The van der Waals surface area contributed by atoms with Crippen LogP contribution in [-0.2, 0) is 20.8 Å². The maximum absolute atomic E-state index is 11.7. The van der Waals surface area contributed by atoms with Crippen LogP contribution in [0.1, 0.15) is 5.56 Å². The molecule has 0 aliphatic carbocycles. The molecular weight excluding hydrogens is 292 g/mol. The minimum absolute atomic E-state index is 0.0102. The summed E-state index contributed by atoms with van der Waals surface area (Å²) in [6.07, 6.45) is 0. The molecule has 1 amide bonds. The van der Waals surface area contributed by atoms with Gasteiger partial charge in [0.25, 0.3) is 0 Å². The van der Waals surface area contributed by atoms with E-state index in [1.54, 1.807) is 19.0 Å². The van der Waals surface area contributed by atoms with Crippen molar-refractivity contribution in [3.8, 4) is 0 Å². The second-order valence-electron chi connectivity index (χ2n) is 7.01. The number of nitrogens with zero attached hydrogens (tertiary/aromatic N) is 2. The van der Waals surface area contributed by atoms with Crippen molar-refractivity contribution in [1.82, 2.24) is 9.80 Å². The van der Waals surface area contributed by atoms with Gasteiger partial charge in [-0.3, -0.25) is 9.69 Å². The summed E-state index contributed by atoms with van der Waals surface area (Å²) in [5, 5.41) is 0. The van der Waals surface area contributed by atoms with Gasteiger partial charge >= 0.3 is 0 Å². The molecule has 2 aliphatic heterocycles. The highest BCUT2D eigenvalue weighted by Gasteiger charge is 2.50. The van der Waals surface area contributed by atoms with Crippen LogP contribution in [0, 0.1) is 11.3 Å². The van der Waals surface area contributed by atoms with Gasteiger partial charge in [-0.1, -0.05) is 30.3 Å². The molecule has 2 aliphatic rings. The standard InChI is InChI=1S/C18H26N2O3/c1-19(2)17(21)11-23-14-18-12-20(9-16(18)10-22-13-18)8-15-6-4-3-5-7-15/h3-7,16H,8-14H2,1-2H3/t16-,18+/m1/s1. The Morgan fingerprint density at radius 3 is 2.91 bits per heavy atom. The van der Waals surface area contributed by atoms with Gasteiger partial charge in [-0.15, -0.1) is 0 Å². The lowest BCUT2D eigenvalue weighted by Gasteiger charge is -2.27. The second-order valence-corrected chi connectivity index (χ2v) is 7.01. The van der Waals surface area contributed by atoms with Crippen LogP contribution < -0.4 is 0 Å². The Hall–Kier alpha value is -1.43. The van der Waals surface area contributed by atoms with E-state index in [-0.39, 0.29) is 17.9 Å². The number of likely N-dealkylation sites (tertiary alicyclic amines) is 1. The number of ether oxygens (including phenoxy) is 2. The molecular formula is C18H26N2O3. The quantitative estimate of drug-likeness (QED) is 0.791. The van der Waals surface area contributed by atoms with Crippen LogP contribution in [0.5, 0.6) is 0 Å². The molecule has 23 heavy (non-hydrogen) atoms. The maximum atomic E-state index is 11.7. The molecule has 0 aromatic heterocycles. The van der Waals surface area contributed by atoms with E-state index in [0.29, 0.717) is 12.5 Å². The summed E-state index contributed by atoms with van der Waals surface area (Å²) in [6.45, 7) is 5.27. The minimum atomic E-state index is 0.0102. The third-order valence-corrected chi connectivity index (χ3v) is 4.95. The van der Waals surface area contributed by atoms with Gasteiger partial charge in [0.2, 0.25) is 5.91 Å². The molecule has 0 unspecified atom stereocenters. The maximum Gasteiger partial charge on any atom is 0.248 e. The van der Waals surface area contributed by atoms with Crippen molar-refractivity contribution >= 4 is 5.91 Å². The predicted molar refractivity (Wildman–Crippen MR) is 88.0 cm³/mol. The molecule has 3 rings (SSSR count). The topological polar surface area (TPSA) is 42.0 Å². The smallest absolute Gasteiger partial charge is 0.248 e. The molecule has 2 saturated heterocycles. The van der Waals surface area contributed by atoms with Crippen molar-refractivity contribution in [1.29, 1.82) is 0 Å². The zero-order chi connectivity index (χ0) is 16.3. The monoisotopic (exact) mass is 318 g/mol. The number of carbonyl (C=O) groups excluding carboxylic acids is 1. The highest BCUT2D eigenvalue weighted by molar-refractivity contribution is 5.76. The molecule has 2 atom stereocenters. The van der Waals surface area contributed by atoms with Gasteiger partial charge in [-0.25, -0.2) is 0 Å². The van der Waals surface area contributed by atoms with Crippen LogP contribution in [0.15, 0.2) is 30.3 Å². The largest absolute Gasteiger partial charge is 0.380 e. The molecule has 0 bridgehead atoms. The predicted octanol–water partition coefficient (Wildman–Crippen LogP) is 1.24. The number of likely N-dealkylation sites (N-methyl/N-ethyl adjacent to an activating group) is 1. The van der Waals surface area contributed by atoms with E-state index in [9.17, 15) is 4.79 Å². The summed E-state index contributed by atoms with van der Waals surface area (Å²) in [7, 11) is 3.51. The van der Waals surface area contributed by atoms with Gasteiger partial charge in [0.15, 0.2) is 0 Å². The Bertz CT molecular complexity index is 534. The van der Waals surface area contributed by atoms with Gasteiger partial charge < -0.3 is 14.4 Å². The van der Waals surface area contributed by atoms with Crippen LogP contribution in [0.25, 0.3) is 0 Å². The van der Waals surface area contributed by atoms with Gasteiger partial charge in [0.05, 0.1) is 19.8 Å². The van der Waals surface area contributed by atoms with E-state index in [4.69, 9.17) is 9.47 Å². The van der Waals surface area contributed by atoms with E-state index in [0.717, 1.165) is 32.8 Å². The number of fused-ring (bicyclic) bond motifs is 1. The SMILES string of the molecule is CN(C)C(=O)COC[C@]12COC[C@H]1CN(Cc1ccccc1)C2. The number of benzene rings is 1. The van der Waals surface area contributed by atoms with Gasteiger partial charge in [-0.2, -0.15) is 0 Å². The Balaban J connectivity index is 1.56. The van der Waals surface area contributed by atoms with E-state index in [1.165, 1.54) is 5.56 Å². The zero-order valence-corrected chi connectivity index (χ0v) is 14.0. The number of amides is 1. The Labute approximate surface area is 138 Å². The van der Waals surface area contributed by atoms with Crippen LogP contribution in [-0.4, -0.2) is 69.3 Å². The molecule has 1 aromatic rings. The van der Waals surface area contributed by atoms with Gasteiger partial charge in [0, 0.05) is 45.1 Å². The van der Waals surface area contributed by atoms with Crippen molar-refractivity contribution in [3.63, 3.8) is 0 Å². The highest BCUT2D eigenvalue weighted by atomic mass is 16.5. The van der Waals surface area contributed by atoms with Crippen molar-refractivity contribution in [2.24, 2.45) is 11.3 Å². The molecule has 0 saturated carbocycles. The fourth-order valence-electron chi connectivity index (χ4n) is 3.58. The van der Waals surface area contributed by atoms with Gasteiger partial charge in [0.1, 0.15) is 6.61 Å². The second kappa shape index (κ2) is 6.99. The molecule has 0 N–H and O–H groups in total. The Kier molecular flexibility index (Phi) is 4.99. The van der Waals surface area contributed by atoms with E-state index in [1.807, 2.05) is 6.07 Å². The molecule has 2 fully saturated rings. The van der Waals surface area contributed by atoms with Crippen LogP contribution in [0.3, 0.4) is 0 Å². The Morgan fingerprint density at radius 2 is 2.17 bits per heavy atom. The first-order chi connectivity index (χ1) is 11.1. The molecule has 5 heteroatoms. The van der Waals surface area contributed by atoms with E-state index >= 15 is 0 Å². The first-order valence-electron chi connectivity index (χ1n) is 8.21. The molecule has 2 heterocycles. The van der Waals surface area contributed by atoms with Crippen LogP contribution in [0.4, 0.5) is 0 Å². The fraction of sp³-hybridized carbons (Fsp3) is 0.611. The number of hydrogen-bond acceptors (Lipinski definition) is 4. The summed E-state index contributed by atoms with van der Waals surface area (Å²) in [5.41, 5.74) is 1.38. The Morgan fingerprint density at radius 1 is 1.39 bits per heavy atom. The van der Waals surface area contributed by atoms with Crippen molar-refractivity contribution in [3.05, 3.63) is 35.9 Å². The lowest BCUT2D eigenvalue weighted by Crippen LogP contribution is -2.37. The normalized spacial score (nSPS) is 27.1. The van der Waals surface area contributed by atoms with Crippen LogP contribution in [0.2, 0.25) is 0 Å². The number of carbonyl (C=O) groups is 1. The first-order valence-corrected chi connectivity index (χ1v) is 8.21. The zero-order valence-electron chi connectivity index (χ0n) is 14.0. The highest BCUT2D eigenvalue weighted by Crippen LogP contribution is 2.42. The lowest BCUT2D eigenvalue weighted by atomic mass is 9.82. The van der Waals surface area contributed by atoms with Crippen molar-refractivity contribution in [2.75, 3.05) is 53.6 Å². The average Bonchev–Trinajstić information content (AvgIpc) is 3.04. The summed E-state index contributed by atoms with van der Waals surface area (Å²) in [4.78, 5) is 15.7. The van der Waals surface area contributed by atoms with Crippen molar-refractivity contribution < 1.29 is 14.3 Å². The summed E-state index contributed by atoms with van der Waals surface area (Å²) < 4.78 is 11.5. The fourth-order valence-corrected chi connectivity index (χ4v) is 3.58. The summed E-state index contributed by atoms with van der Waals surface area (Å²) in [5.74, 6) is 0.511. The molecule has 0 radical (unpaired) electrons. The third-order valence-electron chi connectivity index (χ3n) is 4.95. The van der Waals surface area contributed by atoms with Crippen LogP contribution >= 0.6 is 0 Å². The molecule has 126 valence electrons. The third kappa shape index (κ3) is 3.74. The average molecular weight is 318 g/mol. The molecule has 5 nitrogen and oxygen atoms in total. The minimum Gasteiger partial charge on any atom is -0.380 e. The first kappa shape index (κ1) is 16.4. The summed E-state index contributed by atoms with van der Waals surface area (Å²) in [6, 6.07) is 10.6. The number of rotatable bonds is 6. The lowest BCUT2D eigenvalue weighted by molar-refractivity contribution is -0.135. The van der Waals surface area contributed by atoms with Gasteiger partial charge in [-0.05, 0) is 5.56 Å². The van der Waals surface area contributed by atoms with E-state index < -0.39 is 0 Å².